The van der Waals surface area contributed by atoms with Gasteiger partial charge in [-0.15, -0.1) is 0 Å². The van der Waals surface area contributed by atoms with Crippen molar-refractivity contribution >= 4 is 0 Å². The third kappa shape index (κ3) is 2.58. The highest BCUT2D eigenvalue weighted by atomic mass is 15.3. The number of hydrogen-bond donors (Lipinski definition) is 0. The van der Waals surface area contributed by atoms with Crippen LogP contribution >= 0.6 is 0 Å². The van der Waals surface area contributed by atoms with Crippen molar-refractivity contribution in [3.63, 3.8) is 0 Å². The van der Waals surface area contributed by atoms with Gasteiger partial charge in [-0.3, -0.25) is 0 Å². The van der Waals surface area contributed by atoms with Crippen molar-refractivity contribution in [3.05, 3.63) is 35.9 Å². The lowest BCUT2D eigenvalue weighted by Gasteiger charge is -2.35. The zero-order valence-electron chi connectivity index (χ0n) is 9.66. The van der Waals surface area contributed by atoms with Gasteiger partial charge in [-0.25, -0.2) is 0 Å². The summed E-state index contributed by atoms with van der Waals surface area (Å²) in [4.78, 5) is 0. The molecule has 0 amide bonds. The summed E-state index contributed by atoms with van der Waals surface area (Å²) < 4.78 is 1.20. The van der Waals surface area contributed by atoms with E-state index in [2.05, 4.69) is 51.1 Å². The Hall–Kier alpha value is -0.820. The lowest BCUT2D eigenvalue weighted by atomic mass is 10.2. The van der Waals surface area contributed by atoms with Crippen LogP contribution in [0.3, 0.4) is 0 Å². The lowest BCUT2D eigenvalue weighted by molar-refractivity contribution is -0.936. The maximum absolute atomic E-state index is 2.29. The van der Waals surface area contributed by atoms with Gasteiger partial charge in [0.2, 0.25) is 0 Å². The van der Waals surface area contributed by atoms with Gasteiger partial charge in [0.25, 0.3) is 0 Å². The summed E-state index contributed by atoms with van der Waals surface area (Å²) in [5.74, 6) is 0. The van der Waals surface area contributed by atoms with E-state index < -0.39 is 0 Å². The molecular formula is C13H24N+. The van der Waals surface area contributed by atoms with Crippen LogP contribution in [0, 0.1) is 0 Å². The topological polar surface area (TPSA) is 0 Å². The van der Waals surface area contributed by atoms with Gasteiger partial charge >= 0.3 is 0 Å². The van der Waals surface area contributed by atoms with Crippen LogP contribution in [0.2, 0.25) is 0 Å². The van der Waals surface area contributed by atoms with E-state index in [4.69, 9.17) is 0 Å². The molecule has 0 radical (unpaired) electrons. The standard InChI is InChI=1S/C13H22N.H2/c1-4-14(5-2,6-3)12-13-10-8-7-9-11-13;/h7-11H,4-6,12H2,1-3H3;1H/q+1;. The molecule has 0 heterocycles. The Morgan fingerprint density at radius 2 is 1.43 bits per heavy atom. The first kappa shape index (κ1) is 11.3. The smallest absolute Gasteiger partial charge is 0.104 e. The molecule has 1 nitrogen and oxygen atoms in total. The van der Waals surface area contributed by atoms with Crippen molar-refractivity contribution in [1.29, 1.82) is 0 Å². The molecule has 0 aliphatic carbocycles. The first-order valence-corrected chi connectivity index (χ1v) is 5.65. The summed E-state index contributed by atoms with van der Waals surface area (Å²) in [6.45, 7) is 11.7. The second-order valence-electron chi connectivity index (χ2n) is 3.93. The van der Waals surface area contributed by atoms with E-state index in [9.17, 15) is 0 Å². The monoisotopic (exact) mass is 194 g/mol. The van der Waals surface area contributed by atoms with Crippen LogP contribution in [0.15, 0.2) is 30.3 Å². The average molecular weight is 194 g/mol. The van der Waals surface area contributed by atoms with Gasteiger partial charge in [0.1, 0.15) is 6.54 Å². The molecular weight excluding hydrogens is 170 g/mol. The van der Waals surface area contributed by atoms with Crippen molar-refractivity contribution in [1.82, 2.24) is 0 Å². The second kappa shape index (κ2) is 5.16. The van der Waals surface area contributed by atoms with E-state index in [1.54, 1.807) is 0 Å². The predicted octanol–water partition coefficient (Wildman–Crippen LogP) is 3.31. The highest BCUT2D eigenvalue weighted by Crippen LogP contribution is 2.13. The summed E-state index contributed by atoms with van der Waals surface area (Å²) in [6, 6.07) is 10.8. The third-order valence-electron chi connectivity index (χ3n) is 3.37. The molecule has 0 bridgehead atoms. The lowest BCUT2D eigenvalue weighted by Crippen LogP contribution is -2.46. The first-order valence-electron chi connectivity index (χ1n) is 5.65. The van der Waals surface area contributed by atoms with Crippen molar-refractivity contribution in [2.75, 3.05) is 19.6 Å². The molecule has 0 unspecified atom stereocenters. The minimum Gasteiger partial charge on any atom is -0.321 e. The normalized spacial score (nSPS) is 11.6. The zero-order chi connectivity index (χ0) is 10.4. The van der Waals surface area contributed by atoms with Crippen LogP contribution in [-0.4, -0.2) is 24.1 Å². The molecule has 80 valence electrons. The van der Waals surface area contributed by atoms with Crippen LogP contribution in [0.5, 0.6) is 0 Å². The maximum atomic E-state index is 2.29. The first-order chi connectivity index (χ1) is 6.76. The minimum absolute atomic E-state index is 0. The summed E-state index contributed by atoms with van der Waals surface area (Å²) in [5.41, 5.74) is 1.46. The van der Waals surface area contributed by atoms with Crippen molar-refractivity contribution in [3.8, 4) is 0 Å². The van der Waals surface area contributed by atoms with E-state index in [0.717, 1.165) is 0 Å². The molecule has 0 N–H and O–H groups in total. The molecule has 0 fully saturated rings. The Kier molecular flexibility index (Phi) is 4.15. The molecule has 1 aromatic carbocycles. The van der Waals surface area contributed by atoms with Crippen molar-refractivity contribution < 1.29 is 5.91 Å². The number of nitrogens with zero attached hydrogens (tertiary/aromatic N) is 1. The third-order valence-corrected chi connectivity index (χ3v) is 3.37. The van der Waals surface area contributed by atoms with Gasteiger partial charge < -0.3 is 4.48 Å². The Morgan fingerprint density at radius 1 is 0.929 bits per heavy atom. The second-order valence-corrected chi connectivity index (χ2v) is 3.93. The van der Waals surface area contributed by atoms with Crippen LogP contribution in [-0.2, 0) is 6.54 Å². The quantitative estimate of drug-likeness (QED) is 0.631. The Bertz CT molecular complexity index is 246. The molecule has 0 aromatic heterocycles. The Morgan fingerprint density at radius 3 is 1.86 bits per heavy atom. The zero-order valence-corrected chi connectivity index (χ0v) is 9.66. The van der Waals surface area contributed by atoms with Crippen LogP contribution < -0.4 is 0 Å². The van der Waals surface area contributed by atoms with Crippen LogP contribution in [0.1, 0.15) is 27.8 Å². The SMILES string of the molecule is CC[N+](CC)(CC)Cc1ccccc1.[HH]. The predicted molar refractivity (Wildman–Crippen MR) is 64.1 cm³/mol. The van der Waals surface area contributed by atoms with Crippen LogP contribution in [0.4, 0.5) is 0 Å². The summed E-state index contributed by atoms with van der Waals surface area (Å²) in [5, 5.41) is 0. The van der Waals surface area contributed by atoms with E-state index >= 15 is 0 Å². The highest BCUT2D eigenvalue weighted by Gasteiger charge is 2.20. The fourth-order valence-electron chi connectivity index (χ4n) is 1.98. The number of benzene rings is 1. The number of quaternary nitrogens is 1. The van der Waals surface area contributed by atoms with Crippen molar-refractivity contribution in [2.45, 2.75) is 27.3 Å². The molecule has 1 aromatic rings. The molecule has 1 heteroatoms. The van der Waals surface area contributed by atoms with Gasteiger partial charge in [-0.05, 0) is 20.8 Å². The summed E-state index contributed by atoms with van der Waals surface area (Å²) >= 11 is 0. The maximum Gasteiger partial charge on any atom is 0.104 e. The Labute approximate surface area is 89.4 Å². The summed E-state index contributed by atoms with van der Waals surface area (Å²) in [7, 11) is 0. The van der Waals surface area contributed by atoms with Gasteiger partial charge in [-0.1, -0.05) is 30.3 Å². The average Bonchev–Trinajstić information content (AvgIpc) is 2.28. The Balaban J connectivity index is 0.00000196. The minimum atomic E-state index is 0. The molecule has 0 spiro atoms. The van der Waals surface area contributed by atoms with Gasteiger partial charge in [0.15, 0.2) is 0 Å². The summed E-state index contributed by atoms with van der Waals surface area (Å²) in [6.07, 6.45) is 0. The molecule has 0 saturated carbocycles. The van der Waals surface area contributed by atoms with E-state index in [-0.39, 0.29) is 1.43 Å². The fourth-order valence-corrected chi connectivity index (χ4v) is 1.98. The fraction of sp³-hybridized carbons (Fsp3) is 0.538. The highest BCUT2D eigenvalue weighted by molar-refractivity contribution is 5.13. The van der Waals surface area contributed by atoms with E-state index in [1.165, 1.54) is 36.2 Å². The molecule has 14 heavy (non-hydrogen) atoms. The van der Waals surface area contributed by atoms with Gasteiger partial charge in [0.05, 0.1) is 19.6 Å². The molecule has 1 rings (SSSR count). The van der Waals surface area contributed by atoms with Gasteiger partial charge in [-0.2, -0.15) is 0 Å². The van der Waals surface area contributed by atoms with Gasteiger partial charge in [0, 0.05) is 6.99 Å². The number of rotatable bonds is 5. The van der Waals surface area contributed by atoms with Crippen molar-refractivity contribution in [2.24, 2.45) is 0 Å². The molecule has 0 atom stereocenters. The largest absolute Gasteiger partial charge is 0.321 e. The van der Waals surface area contributed by atoms with E-state index in [1.807, 2.05) is 0 Å². The molecule has 0 aliphatic rings. The molecule has 0 saturated heterocycles. The molecule has 0 aliphatic heterocycles. The van der Waals surface area contributed by atoms with E-state index in [0.29, 0.717) is 0 Å². The number of hydrogen-bond acceptors (Lipinski definition) is 0. The van der Waals surface area contributed by atoms with Crippen LogP contribution in [0.25, 0.3) is 0 Å².